The highest BCUT2D eigenvalue weighted by atomic mass is 16.5. The van der Waals surface area contributed by atoms with Gasteiger partial charge >= 0.3 is 0 Å². The molecule has 1 N–H and O–H groups in total. The van der Waals surface area contributed by atoms with E-state index in [2.05, 4.69) is 29.3 Å². The summed E-state index contributed by atoms with van der Waals surface area (Å²) in [7, 11) is 3.39. The van der Waals surface area contributed by atoms with Crippen molar-refractivity contribution in [3.05, 3.63) is 23.3 Å². The maximum atomic E-state index is 5.44. The van der Waals surface area contributed by atoms with Crippen molar-refractivity contribution < 1.29 is 9.47 Å². The second-order valence-electron chi connectivity index (χ2n) is 7.04. The van der Waals surface area contributed by atoms with Crippen molar-refractivity contribution >= 4 is 0 Å². The number of piperidine rings is 1. The molecule has 23 heavy (non-hydrogen) atoms. The van der Waals surface area contributed by atoms with Crippen molar-refractivity contribution in [3.8, 4) is 11.5 Å². The van der Waals surface area contributed by atoms with Crippen molar-refractivity contribution in [1.82, 2.24) is 10.2 Å². The third-order valence-corrected chi connectivity index (χ3v) is 5.22. The van der Waals surface area contributed by atoms with Crippen molar-refractivity contribution in [2.45, 2.75) is 45.2 Å². The van der Waals surface area contributed by atoms with E-state index >= 15 is 0 Å². The summed E-state index contributed by atoms with van der Waals surface area (Å²) in [5, 5.41) is 3.75. The SMILES string of the molecule is COc1cc(C)c(CN2CCC(NCC3CC3)CC2)cc1OC. The number of hydrogen-bond donors (Lipinski definition) is 1. The predicted octanol–water partition coefficient (Wildman–Crippen LogP) is 2.98. The first kappa shape index (κ1) is 16.6. The number of likely N-dealkylation sites (tertiary alicyclic amines) is 1. The van der Waals surface area contributed by atoms with Crippen LogP contribution in [0.15, 0.2) is 12.1 Å². The quantitative estimate of drug-likeness (QED) is 0.838. The smallest absolute Gasteiger partial charge is 0.161 e. The van der Waals surface area contributed by atoms with Gasteiger partial charge < -0.3 is 14.8 Å². The number of ether oxygens (including phenoxy) is 2. The molecule has 1 heterocycles. The number of rotatable bonds is 7. The Morgan fingerprint density at radius 3 is 2.30 bits per heavy atom. The molecule has 128 valence electrons. The zero-order valence-electron chi connectivity index (χ0n) is 14.7. The summed E-state index contributed by atoms with van der Waals surface area (Å²) >= 11 is 0. The molecule has 1 aliphatic carbocycles. The van der Waals surface area contributed by atoms with E-state index < -0.39 is 0 Å². The Bertz CT molecular complexity index is 520. The Morgan fingerprint density at radius 2 is 1.70 bits per heavy atom. The van der Waals surface area contributed by atoms with E-state index in [-0.39, 0.29) is 0 Å². The average molecular weight is 318 g/mol. The Morgan fingerprint density at radius 1 is 1.04 bits per heavy atom. The lowest BCUT2D eigenvalue weighted by molar-refractivity contribution is 0.189. The van der Waals surface area contributed by atoms with Crippen LogP contribution in [-0.2, 0) is 6.54 Å². The largest absolute Gasteiger partial charge is 0.493 e. The molecule has 0 amide bonds. The highest BCUT2D eigenvalue weighted by Gasteiger charge is 2.24. The van der Waals surface area contributed by atoms with Gasteiger partial charge in [-0.2, -0.15) is 0 Å². The summed E-state index contributed by atoms with van der Waals surface area (Å²) in [6, 6.07) is 4.93. The first-order valence-corrected chi connectivity index (χ1v) is 8.87. The van der Waals surface area contributed by atoms with Gasteiger partial charge in [0, 0.05) is 12.6 Å². The van der Waals surface area contributed by atoms with Crippen molar-refractivity contribution in [2.75, 3.05) is 33.9 Å². The molecule has 1 aliphatic heterocycles. The van der Waals surface area contributed by atoms with Crippen LogP contribution >= 0.6 is 0 Å². The molecule has 2 fully saturated rings. The summed E-state index contributed by atoms with van der Waals surface area (Å²) in [5.74, 6) is 2.62. The van der Waals surface area contributed by atoms with Gasteiger partial charge in [-0.1, -0.05) is 0 Å². The van der Waals surface area contributed by atoms with E-state index in [9.17, 15) is 0 Å². The Balaban J connectivity index is 1.53. The van der Waals surface area contributed by atoms with Gasteiger partial charge in [-0.15, -0.1) is 0 Å². The van der Waals surface area contributed by atoms with Crippen LogP contribution in [-0.4, -0.2) is 44.8 Å². The number of benzene rings is 1. The van der Waals surface area contributed by atoms with Gasteiger partial charge in [-0.3, -0.25) is 4.90 Å². The molecule has 1 aromatic carbocycles. The standard InChI is InChI=1S/C19H30N2O2/c1-14-10-18(22-2)19(23-3)11-16(14)13-21-8-6-17(7-9-21)20-12-15-4-5-15/h10-11,15,17,20H,4-9,12-13H2,1-3H3. The topological polar surface area (TPSA) is 33.7 Å². The number of hydrogen-bond acceptors (Lipinski definition) is 4. The highest BCUT2D eigenvalue weighted by Crippen LogP contribution is 2.31. The fourth-order valence-corrected chi connectivity index (χ4v) is 3.38. The van der Waals surface area contributed by atoms with Gasteiger partial charge in [-0.05, 0) is 81.4 Å². The molecule has 0 unspecified atom stereocenters. The average Bonchev–Trinajstić information content (AvgIpc) is 3.40. The van der Waals surface area contributed by atoms with Crippen LogP contribution in [0.2, 0.25) is 0 Å². The molecular weight excluding hydrogens is 288 g/mol. The number of aryl methyl sites for hydroxylation is 1. The van der Waals surface area contributed by atoms with Crippen LogP contribution in [0.25, 0.3) is 0 Å². The van der Waals surface area contributed by atoms with Crippen LogP contribution in [0.5, 0.6) is 11.5 Å². The van der Waals surface area contributed by atoms with Gasteiger partial charge in [0.15, 0.2) is 11.5 Å². The summed E-state index contributed by atoms with van der Waals surface area (Å²) in [4.78, 5) is 2.56. The highest BCUT2D eigenvalue weighted by molar-refractivity contribution is 5.47. The molecule has 4 nitrogen and oxygen atoms in total. The maximum absolute atomic E-state index is 5.44. The Kier molecular flexibility index (Phi) is 5.44. The molecule has 0 aromatic heterocycles. The molecule has 0 bridgehead atoms. The number of nitrogens with one attached hydrogen (secondary N) is 1. The third kappa shape index (κ3) is 4.39. The second kappa shape index (κ2) is 7.54. The second-order valence-corrected chi connectivity index (χ2v) is 7.04. The fourth-order valence-electron chi connectivity index (χ4n) is 3.38. The minimum atomic E-state index is 0.721. The van der Waals surface area contributed by atoms with E-state index in [0.717, 1.165) is 30.0 Å². The molecule has 0 atom stereocenters. The normalized spacial score (nSPS) is 19.8. The van der Waals surface area contributed by atoms with Crippen LogP contribution < -0.4 is 14.8 Å². The fraction of sp³-hybridized carbons (Fsp3) is 0.684. The summed E-state index contributed by atoms with van der Waals surface area (Å²) in [6.07, 6.45) is 5.40. The van der Waals surface area contributed by atoms with Gasteiger partial charge in [-0.25, -0.2) is 0 Å². The molecule has 1 saturated heterocycles. The molecule has 1 saturated carbocycles. The lowest BCUT2D eigenvalue weighted by Crippen LogP contribution is -2.42. The van der Waals surface area contributed by atoms with Gasteiger partial charge in [0.25, 0.3) is 0 Å². The van der Waals surface area contributed by atoms with Gasteiger partial charge in [0.1, 0.15) is 0 Å². The van der Waals surface area contributed by atoms with Crippen molar-refractivity contribution in [1.29, 1.82) is 0 Å². The molecule has 0 spiro atoms. The lowest BCUT2D eigenvalue weighted by atomic mass is 10.0. The molecule has 0 radical (unpaired) electrons. The molecule has 4 heteroatoms. The van der Waals surface area contributed by atoms with Gasteiger partial charge in [0.05, 0.1) is 14.2 Å². The van der Waals surface area contributed by atoms with Crippen molar-refractivity contribution in [2.24, 2.45) is 5.92 Å². The van der Waals surface area contributed by atoms with E-state index in [0.29, 0.717) is 0 Å². The van der Waals surface area contributed by atoms with Crippen LogP contribution in [0.4, 0.5) is 0 Å². The first-order chi connectivity index (χ1) is 11.2. The zero-order valence-corrected chi connectivity index (χ0v) is 14.7. The first-order valence-electron chi connectivity index (χ1n) is 8.87. The summed E-state index contributed by atoms with van der Waals surface area (Å²) in [5.41, 5.74) is 2.61. The molecule has 1 aromatic rings. The minimum Gasteiger partial charge on any atom is -0.493 e. The molecule has 2 aliphatic rings. The zero-order chi connectivity index (χ0) is 16.2. The Hall–Kier alpha value is -1.26. The maximum Gasteiger partial charge on any atom is 0.161 e. The predicted molar refractivity (Wildman–Crippen MR) is 93.3 cm³/mol. The van der Waals surface area contributed by atoms with Crippen molar-refractivity contribution in [3.63, 3.8) is 0 Å². The number of methoxy groups -OCH3 is 2. The van der Waals surface area contributed by atoms with Crippen LogP contribution in [0, 0.1) is 12.8 Å². The van der Waals surface area contributed by atoms with E-state index in [1.807, 2.05) is 0 Å². The summed E-state index contributed by atoms with van der Waals surface area (Å²) < 4.78 is 10.8. The van der Waals surface area contributed by atoms with E-state index in [1.54, 1.807) is 14.2 Å². The molecular formula is C19H30N2O2. The summed E-state index contributed by atoms with van der Waals surface area (Å²) in [6.45, 7) is 6.74. The van der Waals surface area contributed by atoms with Gasteiger partial charge in [0.2, 0.25) is 0 Å². The van der Waals surface area contributed by atoms with Crippen LogP contribution in [0.3, 0.4) is 0 Å². The Labute approximate surface area is 140 Å². The van der Waals surface area contributed by atoms with E-state index in [4.69, 9.17) is 9.47 Å². The van der Waals surface area contributed by atoms with E-state index in [1.165, 1.54) is 56.4 Å². The van der Waals surface area contributed by atoms with Crippen LogP contribution in [0.1, 0.15) is 36.8 Å². The molecule has 3 rings (SSSR count). The number of nitrogens with zero attached hydrogens (tertiary/aromatic N) is 1. The monoisotopic (exact) mass is 318 g/mol. The minimum absolute atomic E-state index is 0.721. The lowest BCUT2D eigenvalue weighted by Gasteiger charge is -2.33. The third-order valence-electron chi connectivity index (χ3n) is 5.22.